The van der Waals surface area contributed by atoms with Gasteiger partial charge in [0.05, 0.1) is 6.33 Å². The first-order valence-corrected chi connectivity index (χ1v) is 4.83. The zero-order valence-corrected chi connectivity index (χ0v) is 7.47. The van der Waals surface area contributed by atoms with Crippen molar-refractivity contribution in [3.63, 3.8) is 0 Å². The molecule has 1 N–H and O–H groups in total. The smallest absolute Gasteiger partial charge is 0.0921 e. The Balaban J connectivity index is 1.91. The first-order chi connectivity index (χ1) is 5.95. The van der Waals surface area contributed by atoms with Gasteiger partial charge in [0, 0.05) is 16.8 Å². The molecule has 0 atom stereocenters. The second-order valence-corrected chi connectivity index (χ2v) is 3.69. The average molecular weight is 178 g/mol. The van der Waals surface area contributed by atoms with Crippen molar-refractivity contribution < 1.29 is 0 Å². The van der Waals surface area contributed by atoms with E-state index in [2.05, 4.69) is 27.5 Å². The molecule has 0 unspecified atom stereocenters. The van der Waals surface area contributed by atoms with Crippen LogP contribution in [0.15, 0.2) is 30.0 Å². The second kappa shape index (κ2) is 3.54. The number of aromatic amines is 1. The van der Waals surface area contributed by atoms with Crippen LogP contribution in [0.4, 0.5) is 0 Å². The Labute approximate surface area is 75.3 Å². The fourth-order valence-electron chi connectivity index (χ4n) is 1.13. The van der Waals surface area contributed by atoms with Gasteiger partial charge in [0.2, 0.25) is 0 Å². The molecule has 2 rings (SSSR count). The summed E-state index contributed by atoms with van der Waals surface area (Å²) in [4.78, 5) is 8.50. The van der Waals surface area contributed by atoms with Crippen LogP contribution in [0, 0.1) is 0 Å². The minimum Gasteiger partial charge on any atom is -0.348 e. The van der Waals surface area contributed by atoms with Crippen molar-refractivity contribution in [2.24, 2.45) is 0 Å². The Morgan fingerprint density at radius 1 is 1.42 bits per heavy atom. The maximum atomic E-state index is 3.97. The number of rotatable bonds is 3. The topological polar surface area (TPSA) is 28.7 Å². The Kier molecular flexibility index (Phi) is 2.23. The molecule has 0 bridgehead atoms. The normalized spacial score (nSPS) is 10.3. The molecule has 0 saturated heterocycles. The van der Waals surface area contributed by atoms with E-state index in [0.717, 1.165) is 12.8 Å². The summed E-state index contributed by atoms with van der Waals surface area (Å²) >= 11 is 1.81. The predicted molar refractivity (Wildman–Crippen MR) is 50.3 cm³/mol. The van der Waals surface area contributed by atoms with Gasteiger partial charge >= 0.3 is 0 Å². The number of hydrogen-bond acceptors (Lipinski definition) is 2. The van der Waals surface area contributed by atoms with Crippen LogP contribution in [0.25, 0.3) is 0 Å². The Hall–Kier alpha value is -1.09. The van der Waals surface area contributed by atoms with Crippen molar-refractivity contribution in [3.05, 3.63) is 40.6 Å². The van der Waals surface area contributed by atoms with Crippen molar-refractivity contribution in [3.8, 4) is 0 Å². The van der Waals surface area contributed by atoms with Crippen molar-refractivity contribution in [1.82, 2.24) is 9.97 Å². The molecular weight excluding hydrogens is 168 g/mol. The molecule has 2 heterocycles. The molecule has 0 spiro atoms. The highest BCUT2D eigenvalue weighted by atomic mass is 32.1. The number of thiophene rings is 1. The highest BCUT2D eigenvalue weighted by molar-refractivity contribution is 7.09. The quantitative estimate of drug-likeness (QED) is 0.767. The van der Waals surface area contributed by atoms with E-state index in [1.165, 1.54) is 10.6 Å². The molecule has 12 heavy (non-hydrogen) atoms. The lowest BCUT2D eigenvalue weighted by Crippen LogP contribution is -1.87. The molecule has 0 radical (unpaired) electrons. The molecule has 3 heteroatoms. The summed E-state index contributed by atoms with van der Waals surface area (Å²) in [6.07, 6.45) is 5.78. The van der Waals surface area contributed by atoms with Crippen molar-refractivity contribution >= 4 is 11.3 Å². The van der Waals surface area contributed by atoms with Gasteiger partial charge in [-0.05, 0) is 24.3 Å². The van der Waals surface area contributed by atoms with Crippen LogP contribution in [-0.2, 0) is 12.8 Å². The van der Waals surface area contributed by atoms with Gasteiger partial charge in [0.15, 0.2) is 0 Å². The maximum Gasteiger partial charge on any atom is 0.0921 e. The molecule has 2 nitrogen and oxygen atoms in total. The zero-order valence-electron chi connectivity index (χ0n) is 6.66. The van der Waals surface area contributed by atoms with E-state index in [1.807, 2.05) is 17.5 Å². The lowest BCUT2D eigenvalue weighted by Gasteiger charge is -1.93. The number of hydrogen-bond donors (Lipinski definition) is 1. The Bertz CT molecular complexity index is 276. The summed E-state index contributed by atoms with van der Waals surface area (Å²) in [6.45, 7) is 0. The monoisotopic (exact) mass is 178 g/mol. The molecule has 0 aliphatic carbocycles. The van der Waals surface area contributed by atoms with Gasteiger partial charge in [-0.25, -0.2) is 4.98 Å². The van der Waals surface area contributed by atoms with E-state index >= 15 is 0 Å². The minimum absolute atomic E-state index is 1.06. The molecule has 0 aliphatic heterocycles. The van der Waals surface area contributed by atoms with Crippen molar-refractivity contribution in [2.45, 2.75) is 12.8 Å². The number of nitrogens with one attached hydrogen (secondary N) is 1. The number of imidazole rings is 1. The number of aromatic nitrogens is 2. The molecule has 62 valence electrons. The summed E-state index contributed by atoms with van der Waals surface area (Å²) in [5.41, 5.74) is 1.21. The van der Waals surface area contributed by atoms with Gasteiger partial charge in [-0.15, -0.1) is 11.3 Å². The van der Waals surface area contributed by atoms with Crippen LogP contribution in [0.2, 0.25) is 0 Å². The highest BCUT2D eigenvalue weighted by Gasteiger charge is 1.96. The molecule has 0 saturated carbocycles. The van der Waals surface area contributed by atoms with Crippen molar-refractivity contribution in [1.29, 1.82) is 0 Å². The van der Waals surface area contributed by atoms with Crippen LogP contribution >= 0.6 is 11.3 Å². The Morgan fingerprint density at radius 3 is 3.08 bits per heavy atom. The number of nitrogens with zero attached hydrogens (tertiary/aromatic N) is 1. The molecular formula is C9H10N2S. The van der Waals surface area contributed by atoms with Gasteiger partial charge in [-0.2, -0.15) is 0 Å². The zero-order chi connectivity index (χ0) is 8.23. The Morgan fingerprint density at radius 2 is 2.42 bits per heavy atom. The molecule has 0 aromatic carbocycles. The van der Waals surface area contributed by atoms with E-state index in [4.69, 9.17) is 0 Å². The molecule has 0 aliphatic rings. The van der Waals surface area contributed by atoms with Crippen LogP contribution in [0.1, 0.15) is 10.6 Å². The fourth-order valence-corrected chi connectivity index (χ4v) is 1.84. The van der Waals surface area contributed by atoms with Gasteiger partial charge in [-0.1, -0.05) is 6.07 Å². The lowest BCUT2D eigenvalue weighted by atomic mass is 10.2. The van der Waals surface area contributed by atoms with E-state index in [0.29, 0.717) is 0 Å². The predicted octanol–water partition coefficient (Wildman–Crippen LogP) is 2.26. The average Bonchev–Trinajstić information content (AvgIpc) is 2.74. The van der Waals surface area contributed by atoms with Gasteiger partial charge in [0.25, 0.3) is 0 Å². The third-order valence-electron chi connectivity index (χ3n) is 1.78. The summed E-state index contributed by atoms with van der Waals surface area (Å²) in [7, 11) is 0. The fraction of sp³-hybridized carbons (Fsp3) is 0.222. The molecule has 2 aromatic heterocycles. The van der Waals surface area contributed by atoms with Crippen LogP contribution in [0.5, 0.6) is 0 Å². The third-order valence-corrected chi connectivity index (χ3v) is 2.71. The maximum absolute atomic E-state index is 3.97. The summed E-state index contributed by atoms with van der Waals surface area (Å²) in [6, 6.07) is 4.26. The summed E-state index contributed by atoms with van der Waals surface area (Å²) in [5, 5.41) is 2.11. The number of aryl methyl sites for hydroxylation is 2. The van der Waals surface area contributed by atoms with Gasteiger partial charge in [0.1, 0.15) is 0 Å². The standard InChI is InChI=1S/C9H10N2S/c1-2-9(12-5-1)4-3-8-6-10-7-11-8/h1-2,5-7H,3-4H2,(H,10,11). The van der Waals surface area contributed by atoms with Crippen LogP contribution < -0.4 is 0 Å². The highest BCUT2D eigenvalue weighted by Crippen LogP contribution is 2.11. The third kappa shape index (κ3) is 1.74. The lowest BCUT2D eigenvalue weighted by molar-refractivity contribution is 0.942. The van der Waals surface area contributed by atoms with Gasteiger partial charge < -0.3 is 4.98 Å². The van der Waals surface area contributed by atoms with E-state index < -0.39 is 0 Å². The second-order valence-electron chi connectivity index (χ2n) is 2.66. The summed E-state index contributed by atoms with van der Waals surface area (Å²) < 4.78 is 0. The van der Waals surface area contributed by atoms with E-state index in [9.17, 15) is 0 Å². The molecule has 2 aromatic rings. The first kappa shape index (κ1) is 7.55. The number of H-pyrrole nitrogens is 1. The van der Waals surface area contributed by atoms with Crippen molar-refractivity contribution in [2.75, 3.05) is 0 Å². The largest absolute Gasteiger partial charge is 0.348 e. The van der Waals surface area contributed by atoms with Crippen LogP contribution in [-0.4, -0.2) is 9.97 Å². The minimum atomic E-state index is 1.06. The molecule has 0 fully saturated rings. The summed E-state index contributed by atoms with van der Waals surface area (Å²) in [5.74, 6) is 0. The SMILES string of the molecule is c1csc(CCc2cnc[nH]2)c1. The van der Waals surface area contributed by atoms with Crippen LogP contribution in [0.3, 0.4) is 0 Å². The van der Waals surface area contributed by atoms with Gasteiger partial charge in [-0.3, -0.25) is 0 Å². The van der Waals surface area contributed by atoms with E-state index in [-0.39, 0.29) is 0 Å². The van der Waals surface area contributed by atoms with E-state index in [1.54, 1.807) is 6.33 Å². The molecule has 0 amide bonds. The first-order valence-electron chi connectivity index (χ1n) is 3.95.